The van der Waals surface area contributed by atoms with Gasteiger partial charge in [0.15, 0.2) is 0 Å². The van der Waals surface area contributed by atoms with Gasteiger partial charge in [0.1, 0.15) is 0 Å². The van der Waals surface area contributed by atoms with Gasteiger partial charge in [-0.05, 0) is 55.2 Å². The molecule has 0 N–H and O–H groups in total. The molecule has 0 radical (unpaired) electrons. The molecular weight excluding hydrogens is 312 g/mol. The van der Waals surface area contributed by atoms with Crippen LogP contribution in [0.4, 0.5) is 5.69 Å². The quantitative estimate of drug-likeness (QED) is 0.856. The Kier molecular flexibility index (Phi) is 4.88. The summed E-state index contributed by atoms with van der Waals surface area (Å²) in [6, 6.07) is 13.8. The Labute approximate surface area is 149 Å². The van der Waals surface area contributed by atoms with Gasteiger partial charge in [0.25, 0.3) is 5.91 Å². The lowest BCUT2D eigenvalue weighted by molar-refractivity contribution is -0.116. The first-order chi connectivity index (χ1) is 12.0. The van der Waals surface area contributed by atoms with E-state index in [4.69, 9.17) is 0 Å². The van der Waals surface area contributed by atoms with E-state index < -0.39 is 0 Å². The third kappa shape index (κ3) is 3.43. The summed E-state index contributed by atoms with van der Waals surface area (Å²) in [5.41, 5.74) is 5.07. The summed E-state index contributed by atoms with van der Waals surface area (Å²) in [5.74, 6) is 0.0855. The van der Waals surface area contributed by atoms with Crippen LogP contribution in [-0.4, -0.2) is 29.8 Å². The number of hydrogen-bond acceptors (Lipinski definition) is 2. The predicted molar refractivity (Wildman–Crippen MR) is 99.8 cm³/mol. The molecule has 0 unspecified atom stereocenters. The van der Waals surface area contributed by atoms with Gasteiger partial charge in [-0.3, -0.25) is 9.59 Å². The van der Waals surface area contributed by atoms with Crippen LogP contribution >= 0.6 is 0 Å². The number of anilines is 1. The molecule has 0 atom stereocenters. The van der Waals surface area contributed by atoms with Crippen LogP contribution in [0.3, 0.4) is 0 Å². The number of rotatable bonds is 4. The zero-order valence-corrected chi connectivity index (χ0v) is 15.1. The first kappa shape index (κ1) is 17.2. The SMILES string of the molecule is CCN(Cc1ccccc1C)C(=O)c1ccc2c(c1)CCN2C(C)=O. The predicted octanol–water partition coefficient (Wildman–Crippen LogP) is 3.57. The molecule has 2 aromatic rings. The van der Waals surface area contributed by atoms with Gasteiger partial charge in [0.05, 0.1) is 0 Å². The highest BCUT2D eigenvalue weighted by Gasteiger charge is 2.24. The fraction of sp³-hybridized carbons (Fsp3) is 0.333. The summed E-state index contributed by atoms with van der Waals surface area (Å²) in [6.07, 6.45) is 0.806. The molecule has 0 aromatic heterocycles. The van der Waals surface area contributed by atoms with Crippen molar-refractivity contribution in [2.24, 2.45) is 0 Å². The van der Waals surface area contributed by atoms with Crippen molar-refractivity contribution in [1.82, 2.24) is 4.90 Å². The van der Waals surface area contributed by atoms with Crippen LogP contribution in [0.5, 0.6) is 0 Å². The monoisotopic (exact) mass is 336 g/mol. The fourth-order valence-corrected chi connectivity index (χ4v) is 3.36. The summed E-state index contributed by atoms with van der Waals surface area (Å²) in [4.78, 5) is 28.3. The molecule has 0 fully saturated rings. The number of benzene rings is 2. The van der Waals surface area contributed by atoms with Gasteiger partial charge >= 0.3 is 0 Å². The van der Waals surface area contributed by atoms with E-state index in [1.807, 2.05) is 42.2 Å². The molecule has 2 aromatic carbocycles. The lowest BCUT2D eigenvalue weighted by Gasteiger charge is -2.22. The third-order valence-corrected chi connectivity index (χ3v) is 4.89. The van der Waals surface area contributed by atoms with Crippen molar-refractivity contribution in [3.8, 4) is 0 Å². The Morgan fingerprint density at radius 2 is 1.92 bits per heavy atom. The third-order valence-electron chi connectivity index (χ3n) is 4.89. The Morgan fingerprint density at radius 1 is 1.16 bits per heavy atom. The molecule has 3 rings (SSSR count). The standard InChI is InChI=1S/C21H24N2O2/c1-4-22(14-19-8-6-5-7-15(19)2)21(25)18-9-10-20-17(13-18)11-12-23(20)16(3)24/h5-10,13H,4,11-12,14H2,1-3H3. The second-order valence-corrected chi connectivity index (χ2v) is 6.51. The number of fused-ring (bicyclic) bond motifs is 1. The molecule has 2 amide bonds. The average Bonchev–Trinajstić information content (AvgIpc) is 3.04. The molecule has 4 nitrogen and oxygen atoms in total. The van der Waals surface area contributed by atoms with E-state index in [-0.39, 0.29) is 11.8 Å². The van der Waals surface area contributed by atoms with E-state index in [2.05, 4.69) is 19.1 Å². The van der Waals surface area contributed by atoms with Crippen molar-refractivity contribution >= 4 is 17.5 Å². The highest BCUT2D eigenvalue weighted by molar-refractivity contribution is 5.97. The number of amides is 2. The Morgan fingerprint density at radius 3 is 2.60 bits per heavy atom. The second kappa shape index (κ2) is 7.09. The topological polar surface area (TPSA) is 40.6 Å². The maximum absolute atomic E-state index is 13.0. The summed E-state index contributed by atoms with van der Waals surface area (Å²) >= 11 is 0. The molecule has 0 saturated heterocycles. The molecule has 0 aliphatic carbocycles. The van der Waals surface area contributed by atoms with E-state index >= 15 is 0 Å². The average molecular weight is 336 g/mol. The van der Waals surface area contributed by atoms with Crippen molar-refractivity contribution in [3.05, 3.63) is 64.7 Å². The van der Waals surface area contributed by atoms with Crippen LogP contribution in [0, 0.1) is 6.92 Å². The largest absolute Gasteiger partial charge is 0.335 e. The minimum absolute atomic E-state index is 0.0369. The number of carbonyl (C=O) groups excluding carboxylic acids is 2. The molecule has 1 aliphatic rings. The zero-order chi connectivity index (χ0) is 18.0. The van der Waals surface area contributed by atoms with E-state index in [1.54, 1.807) is 11.8 Å². The van der Waals surface area contributed by atoms with E-state index in [0.29, 0.717) is 25.2 Å². The van der Waals surface area contributed by atoms with Crippen molar-refractivity contribution in [2.45, 2.75) is 33.7 Å². The Bertz CT molecular complexity index is 813. The molecule has 1 aliphatic heterocycles. The summed E-state index contributed by atoms with van der Waals surface area (Å²) < 4.78 is 0. The van der Waals surface area contributed by atoms with Gasteiger partial charge in [0.2, 0.25) is 5.91 Å². The summed E-state index contributed by atoms with van der Waals surface area (Å²) in [5, 5.41) is 0. The second-order valence-electron chi connectivity index (χ2n) is 6.51. The van der Waals surface area contributed by atoms with Crippen LogP contribution in [0.2, 0.25) is 0 Å². The molecular formula is C21H24N2O2. The first-order valence-corrected chi connectivity index (χ1v) is 8.76. The lowest BCUT2D eigenvalue weighted by atomic mass is 10.1. The zero-order valence-electron chi connectivity index (χ0n) is 15.1. The van der Waals surface area contributed by atoms with Crippen LogP contribution in [0.1, 0.15) is 40.9 Å². The van der Waals surface area contributed by atoms with Gasteiger partial charge in [-0.1, -0.05) is 24.3 Å². The van der Waals surface area contributed by atoms with Gasteiger partial charge in [-0.25, -0.2) is 0 Å². The molecule has 1 heterocycles. The number of nitrogens with zero attached hydrogens (tertiary/aromatic N) is 2. The fourth-order valence-electron chi connectivity index (χ4n) is 3.36. The van der Waals surface area contributed by atoms with Gasteiger partial charge in [-0.15, -0.1) is 0 Å². The Hall–Kier alpha value is -2.62. The highest BCUT2D eigenvalue weighted by Crippen LogP contribution is 2.29. The summed E-state index contributed by atoms with van der Waals surface area (Å²) in [6.45, 7) is 7.61. The summed E-state index contributed by atoms with van der Waals surface area (Å²) in [7, 11) is 0. The van der Waals surface area contributed by atoms with E-state index in [9.17, 15) is 9.59 Å². The number of hydrogen-bond donors (Lipinski definition) is 0. The van der Waals surface area contributed by atoms with Crippen LogP contribution in [0.15, 0.2) is 42.5 Å². The van der Waals surface area contributed by atoms with Crippen molar-refractivity contribution in [2.75, 3.05) is 18.0 Å². The number of carbonyl (C=O) groups is 2. The van der Waals surface area contributed by atoms with E-state index in [1.165, 1.54) is 11.1 Å². The highest BCUT2D eigenvalue weighted by atomic mass is 16.2. The van der Waals surface area contributed by atoms with Gasteiger partial charge in [-0.2, -0.15) is 0 Å². The number of aryl methyl sites for hydroxylation is 1. The minimum atomic E-state index is 0.0369. The molecule has 0 saturated carbocycles. The molecule has 25 heavy (non-hydrogen) atoms. The van der Waals surface area contributed by atoms with Crippen molar-refractivity contribution in [3.63, 3.8) is 0 Å². The molecule has 0 spiro atoms. The van der Waals surface area contributed by atoms with Gasteiger partial charge < -0.3 is 9.80 Å². The van der Waals surface area contributed by atoms with Crippen LogP contribution in [0.25, 0.3) is 0 Å². The van der Waals surface area contributed by atoms with Crippen LogP contribution < -0.4 is 4.90 Å². The van der Waals surface area contributed by atoms with E-state index in [0.717, 1.165) is 17.7 Å². The van der Waals surface area contributed by atoms with Crippen molar-refractivity contribution < 1.29 is 9.59 Å². The Balaban J connectivity index is 1.82. The maximum atomic E-state index is 13.0. The molecule has 0 bridgehead atoms. The lowest BCUT2D eigenvalue weighted by Crippen LogP contribution is -2.30. The normalized spacial score (nSPS) is 12.8. The maximum Gasteiger partial charge on any atom is 0.254 e. The first-order valence-electron chi connectivity index (χ1n) is 8.76. The minimum Gasteiger partial charge on any atom is -0.335 e. The van der Waals surface area contributed by atoms with Crippen LogP contribution in [-0.2, 0) is 17.8 Å². The van der Waals surface area contributed by atoms with Gasteiger partial charge in [0, 0.05) is 37.8 Å². The smallest absolute Gasteiger partial charge is 0.254 e. The molecule has 130 valence electrons. The molecule has 4 heteroatoms. The van der Waals surface area contributed by atoms with Crippen molar-refractivity contribution in [1.29, 1.82) is 0 Å².